The summed E-state index contributed by atoms with van der Waals surface area (Å²) >= 11 is 0. The van der Waals surface area contributed by atoms with E-state index in [0.717, 1.165) is 32.0 Å². The molecule has 0 atom stereocenters. The summed E-state index contributed by atoms with van der Waals surface area (Å²) in [4.78, 5) is 20.5. The maximum Gasteiger partial charge on any atom is 0.243 e. The molecule has 1 aliphatic carbocycles. The highest BCUT2D eigenvalue weighted by molar-refractivity contribution is 14.0. The number of aliphatic imine (C=N–C) groups is 1. The lowest BCUT2D eigenvalue weighted by molar-refractivity contribution is -0.127. The lowest BCUT2D eigenvalue weighted by Gasteiger charge is -2.36. The molecule has 152 valence electrons. The Labute approximate surface area is 175 Å². The Kier molecular flexibility index (Phi) is 11.5. The Balaban J connectivity index is 0.00000338. The molecule has 0 bridgehead atoms. The fourth-order valence-electron chi connectivity index (χ4n) is 3.58. The molecule has 1 amide bonds. The van der Waals surface area contributed by atoms with Gasteiger partial charge in [-0.05, 0) is 25.7 Å². The Morgan fingerprint density at radius 2 is 1.85 bits per heavy atom. The number of likely N-dealkylation sites (N-methyl/N-ethyl adjacent to an activating group) is 1. The van der Waals surface area contributed by atoms with Crippen molar-refractivity contribution in [3.05, 3.63) is 0 Å². The summed E-state index contributed by atoms with van der Waals surface area (Å²) in [6.45, 7) is 3.77. The topological polar surface area (TPSA) is 69.2 Å². The van der Waals surface area contributed by atoms with E-state index in [4.69, 9.17) is 4.74 Å². The average Bonchev–Trinajstić information content (AvgIpc) is 3.14. The first kappa shape index (κ1) is 23.4. The molecule has 0 unspecified atom stereocenters. The molecule has 8 heteroatoms. The Morgan fingerprint density at radius 3 is 2.42 bits per heavy atom. The average molecular weight is 481 g/mol. The van der Waals surface area contributed by atoms with Gasteiger partial charge in [-0.1, -0.05) is 12.8 Å². The van der Waals surface area contributed by atoms with Crippen LogP contribution in [0.3, 0.4) is 0 Å². The number of methoxy groups -OCH3 is 1. The summed E-state index contributed by atoms with van der Waals surface area (Å²) in [7, 11) is 5.18. The first-order chi connectivity index (χ1) is 12.1. The summed E-state index contributed by atoms with van der Waals surface area (Å²) in [5, 5.41) is 6.76. The van der Waals surface area contributed by atoms with Crippen molar-refractivity contribution >= 4 is 35.8 Å². The van der Waals surface area contributed by atoms with Crippen molar-refractivity contribution in [2.45, 2.75) is 50.6 Å². The van der Waals surface area contributed by atoms with Crippen LogP contribution in [0, 0.1) is 0 Å². The van der Waals surface area contributed by atoms with Crippen molar-refractivity contribution in [3.8, 4) is 0 Å². The maximum atomic E-state index is 11.8. The van der Waals surface area contributed by atoms with Crippen LogP contribution in [0.2, 0.25) is 0 Å². The molecular weight excluding hydrogens is 445 g/mol. The molecule has 2 rings (SSSR count). The molecule has 2 aliphatic rings. The second-order valence-corrected chi connectivity index (χ2v) is 7.27. The van der Waals surface area contributed by atoms with Gasteiger partial charge in [0.1, 0.15) is 6.54 Å². The van der Waals surface area contributed by atoms with E-state index < -0.39 is 0 Å². The van der Waals surface area contributed by atoms with Crippen LogP contribution in [-0.2, 0) is 9.53 Å². The molecule has 1 saturated carbocycles. The van der Waals surface area contributed by atoms with Crippen LogP contribution < -0.4 is 10.6 Å². The summed E-state index contributed by atoms with van der Waals surface area (Å²) in [5.74, 6) is 0.718. The van der Waals surface area contributed by atoms with Crippen LogP contribution in [0.5, 0.6) is 0 Å². The zero-order chi connectivity index (χ0) is 18.1. The molecule has 7 nitrogen and oxygen atoms in total. The summed E-state index contributed by atoms with van der Waals surface area (Å²) in [6, 6.07) is 1.23. The normalized spacial score (nSPS) is 19.9. The molecule has 2 fully saturated rings. The second kappa shape index (κ2) is 12.7. The first-order valence-electron chi connectivity index (χ1n) is 9.58. The predicted octanol–water partition coefficient (Wildman–Crippen LogP) is 1.28. The molecular formula is C18H36IN5O2. The molecule has 1 aliphatic heterocycles. The van der Waals surface area contributed by atoms with Crippen molar-refractivity contribution in [2.24, 2.45) is 4.99 Å². The number of guanidine groups is 1. The van der Waals surface area contributed by atoms with Crippen LogP contribution in [0.1, 0.15) is 38.5 Å². The molecule has 0 radical (unpaired) electrons. The van der Waals surface area contributed by atoms with Gasteiger partial charge in [0.05, 0.1) is 6.61 Å². The molecule has 0 spiro atoms. The van der Waals surface area contributed by atoms with Crippen LogP contribution in [0.25, 0.3) is 0 Å². The zero-order valence-electron chi connectivity index (χ0n) is 16.5. The van der Waals surface area contributed by atoms with Gasteiger partial charge in [0.25, 0.3) is 0 Å². The number of carbonyl (C=O) groups excluding carboxylic acids is 1. The van der Waals surface area contributed by atoms with Gasteiger partial charge in [-0.15, -0.1) is 24.0 Å². The second-order valence-electron chi connectivity index (χ2n) is 7.27. The lowest BCUT2D eigenvalue weighted by atomic mass is 10.0. The van der Waals surface area contributed by atoms with Crippen molar-refractivity contribution in [2.75, 3.05) is 54.0 Å². The number of nitrogens with zero attached hydrogens (tertiary/aromatic N) is 3. The number of nitrogens with one attached hydrogen (secondary N) is 2. The minimum Gasteiger partial charge on any atom is -0.383 e. The minimum absolute atomic E-state index is 0. The van der Waals surface area contributed by atoms with E-state index in [0.29, 0.717) is 25.2 Å². The number of likely N-dealkylation sites (tertiary alicyclic amines) is 1. The van der Waals surface area contributed by atoms with Gasteiger partial charge in [-0.2, -0.15) is 0 Å². The number of hydrogen-bond acceptors (Lipinski definition) is 4. The third-order valence-corrected chi connectivity index (χ3v) is 5.18. The van der Waals surface area contributed by atoms with E-state index >= 15 is 0 Å². The number of rotatable bonds is 7. The fourth-order valence-corrected chi connectivity index (χ4v) is 3.58. The van der Waals surface area contributed by atoms with Crippen LogP contribution in [0.4, 0.5) is 0 Å². The summed E-state index contributed by atoms with van der Waals surface area (Å²) in [6.07, 6.45) is 7.78. The van der Waals surface area contributed by atoms with Crippen LogP contribution in [-0.4, -0.2) is 87.7 Å². The van der Waals surface area contributed by atoms with E-state index in [-0.39, 0.29) is 36.4 Å². The van der Waals surface area contributed by atoms with E-state index in [1.165, 1.54) is 25.7 Å². The van der Waals surface area contributed by atoms with Crippen molar-refractivity contribution in [1.29, 1.82) is 0 Å². The summed E-state index contributed by atoms with van der Waals surface area (Å²) in [5.41, 5.74) is 0. The smallest absolute Gasteiger partial charge is 0.243 e. The van der Waals surface area contributed by atoms with Crippen molar-refractivity contribution in [3.63, 3.8) is 0 Å². The van der Waals surface area contributed by atoms with Gasteiger partial charge in [-0.25, -0.2) is 4.99 Å². The van der Waals surface area contributed by atoms with E-state index in [1.54, 1.807) is 26.1 Å². The molecule has 0 aromatic rings. The Hall–Kier alpha value is -0.610. The molecule has 26 heavy (non-hydrogen) atoms. The number of carbonyl (C=O) groups is 1. The summed E-state index contributed by atoms with van der Waals surface area (Å²) < 4.78 is 5.09. The van der Waals surface area contributed by atoms with Crippen molar-refractivity contribution in [1.82, 2.24) is 20.4 Å². The molecule has 1 saturated heterocycles. The van der Waals surface area contributed by atoms with Crippen molar-refractivity contribution < 1.29 is 9.53 Å². The predicted molar refractivity (Wildman–Crippen MR) is 116 cm³/mol. The highest BCUT2D eigenvalue weighted by atomic mass is 127. The van der Waals surface area contributed by atoms with Gasteiger partial charge < -0.3 is 25.2 Å². The van der Waals surface area contributed by atoms with E-state index in [9.17, 15) is 4.79 Å². The van der Waals surface area contributed by atoms with Gasteiger partial charge in [0.2, 0.25) is 5.91 Å². The highest BCUT2D eigenvalue weighted by Gasteiger charge is 2.27. The minimum atomic E-state index is 0. The standard InChI is InChI=1S/C18H35N5O2.HI/c1-22(2)17(24)14-20-18(19-10-13-25-3)21-15-8-11-23(12-9-15)16-6-4-5-7-16;/h15-16H,4-14H2,1-3H3,(H2,19,20,21);1H. The zero-order valence-corrected chi connectivity index (χ0v) is 18.8. The fraction of sp³-hybridized carbons (Fsp3) is 0.889. The number of amides is 1. The van der Waals surface area contributed by atoms with Gasteiger partial charge in [0.15, 0.2) is 5.96 Å². The van der Waals surface area contributed by atoms with Gasteiger partial charge >= 0.3 is 0 Å². The molecule has 1 heterocycles. The SMILES string of the molecule is COCCNC(=NCC(=O)N(C)C)NC1CCN(C2CCCC2)CC1.I. The Bertz CT molecular complexity index is 433. The van der Waals surface area contributed by atoms with E-state index in [2.05, 4.69) is 20.5 Å². The molecule has 0 aromatic carbocycles. The van der Waals surface area contributed by atoms with Crippen LogP contribution in [0.15, 0.2) is 4.99 Å². The third-order valence-electron chi connectivity index (χ3n) is 5.18. The van der Waals surface area contributed by atoms with Gasteiger partial charge in [-0.3, -0.25) is 4.79 Å². The third kappa shape index (κ3) is 7.96. The monoisotopic (exact) mass is 481 g/mol. The number of piperidine rings is 1. The number of halogens is 1. The molecule has 0 aromatic heterocycles. The highest BCUT2D eigenvalue weighted by Crippen LogP contribution is 2.26. The number of ether oxygens (including phenoxy) is 1. The molecule has 2 N–H and O–H groups in total. The Morgan fingerprint density at radius 1 is 1.19 bits per heavy atom. The van der Waals surface area contributed by atoms with Gasteiger partial charge in [0, 0.05) is 52.9 Å². The first-order valence-corrected chi connectivity index (χ1v) is 9.58. The largest absolute Gasteiger partial charge is 0.383 e. The lowest BCUT2D eigenvalue weighted by Crippen LogP contribution is -2.50. The maximum absolute atomic E-state index is 11.8. The van der Waals surface area contributed by atoms with E-state index in [1.807, 2.05) is 0 Å². The number of hydrogen-bond donors (Lipinski definition) is 2. The van der Waals surface area contributed by atoms with Crippen LogP contribution >= 0.6 is 24.0 Å². The quantitative estimate of drug-likeness (QED) is 0.248.